The number of rotatable bonds is 3. The first kappa shape index (κ1) is 17.7. The van der Waals surface area contributed by atoms with E-state index < -0.39 is 12.1 Å². The number of carbonyl (C=O) groups is 2. The van der Waals surface area contributed by atoms with Gasteiger partial charge in [-0.3, -0.25) is 4.79 Å². The first-order valence-corrected chi connectivity index (χ1v) is 8.59. The van der Waals surface area contributed by atoms with E-state index >= 15 is 0 Å². The Bertz CT molecular complexity index is 826. The lowest BCUT2D eigenvalue weighted by atomic mass is 9.99. The predicted octanol–water partition coefficient (Wildman–Crippen LogP) is 3.52. The molecule has 0 saturated carbocycles. The fourth-order valence-electron chi connectivity index (χ4n) is 2.75. The van der Waals surface area contributed by atoms with Crippen molar-refractivity contribution in [1.82, 2.24) is 9.88 Å². The second-order valence-electron chi connectivity index (χ2n) is 5.82. The molecule has 3 rings (SSSR count). The molecular formula is C18H16Cl2N2O3. The summed E-state index contributed by atoms with van der Waals surface area (Å²) >= 11 is 11.6. The van der Waals surface area contributed by atoms with Gasteiger partial charge >= 0.3 is 5.97 Å². The van der Waals surface area contributed by atoms with E-state index in [9.17, 15) is 9.59 Å². The van der Waals surface area contributed by atoms with Gasteiger partial charge in [-0.25, -0.2) is 9.78 Å². The third kappa shape index (κ3) is 3.94. The summed E-state index contributed by atoms with van der Waals surface area (Å²) in [6.07, 6.45) is 1.16. The van der Waals surface area contributed by atoms with Crippen LogP contribution in [0.1, 0.15) is 28.4 Å². The Morgan fingerprint density at radius 2 is 1.96 bits per heavy atom. The van der Waals surface area contributed by atoms with Crippen LogP contribution < -0.4 is 0 Å². The molecule has 5 nitrogen and oxygen atoms in total. The fraction of sp³-hybridized carbons (Fsp3) is 0.278. The molecule has 25 heavy (non-hydrogen) atoms. The third-order valence-corrected chi connectivity index (χ3v) is 4.79. The number of amides is 1. The first-order chi connectivity index (χ1) is 12.0. The molecule has 0 aliphatic carbocycles. The molecule has 1 aromatic heterocycles. The summed E-state index contributed by atoms with van der Waals surface area (Å²) < 4.78 is 5.26. The minimum atomic E-state index is -0.896. The minimum absolute atomic E-state index is 0.106. The van der Waals surface area contributed by atoms with Gasteiger partial charge in [-0.15, -0.1) is 0 Å². The largest absolute Gasteiger partial charge is 0.449 e. The number of nitrogens with zero attached hydrogens (tertiary/aromatic N) is 2. The molecule has 1 amide bonds. The number of carbonyl (C=O) groups excluding carboxylic acids is 2. The van der Waals surface area contributed by atoms with E-state index in [-0.39, 0.29) is 21.6 Å². The van der Waals surface area contributed by atoms with E-state index in [4.69, 9.17) is 27.9 Å². The minimum Gasteiger partial charge on any atom is -0.449 e. The standard InChI is InChI=1S/C18H16Cl2N2O3/c1-11(25-18(24)14-8-15(19)16(20)21-9-14)17(23)22-7-6-12-4-2-3-5-13(12)10-22/h2-5,8-9,11H,6-7,10H2,1H3/t11-/m1/s1. The summed E-state index contributed by atoms with van der Waals surface area (Å²) in [5, 5.41) is 0.261. The molecule has 1 aromatic carbocycles. The van der Waals surface area contributed by atoms with Crippen LogP contribution in [-0.2, 0) is 22.5 Å². The van der Waals surface area contributed by atoms with Gasteiger partial charge in [-0.1, -0.05) is 47.5 Å². The zero-order chi connectivity index (χ0) is 18.0. The lowest BCUT2D eigenvalue weighted by Gasteiger charge is -2.30. The van der Waals surface area contributed by atoms with Crippen LogP contribution in [0.2, 0.25) is 10.2 Å². The highest BCUT2D eigenvalue weighted by Gasteiger charge is 2.27. The molecule has 1 aliphatic rings. The maximum atomic E-state index is 12.6. The number of ether oxygens (including phenoxy) is 1. The van der Waals surface area contributed by atoms with Gasteiger partial charge in [0, 0.05) is 19.3 Å². The monoisotopic (exact) mass is 378 g/mol. The van der Waals surface area contributed by atoms with Crippen molar-refractivity contribution in [2.45, 2.75) is 26.0 Å². The van der Waals surface area contributed by atoms with Crippen LogP contribution in [0.25, 0.3) is 0 Å². The molecule has 0 unspecified atom stereocenters. The number of aromatic nitrogens is 1. The summed E-state index contributed by atoms with van der Waals surface area (Å²) in [5.74, 6) is -0.889. The Morgan fingerprint density at radius 3 is 2.68 bits per heavy atom. The number of hydrogen-bond acceptors (Lipinski definition) is 4. The highest BCUT2D eigenvalue weighted by molar-refractivity contribution is 6.41. The van der Waals surface area contributed by atoms with E-state index in [1.807, 2.05) is 18.2 Å². The molecular weight excluding hydrogens is 363 g/mol. The molecule has 0 radical (unpaired) electrons. The Labute approximate surface area is 155 Å². The van der Waals surface area contributed by atoms with Crippen molar-refractivity contribution < 1.29 is 14.3 Å². The number of esters is 1. The Hall–Kier alpha value is -2.11. The van der Waals surface area contributed by atoms with E-state index in [2.05, 4.69) is 11.1 Å². The van der Waals surface area contributed by atoms with Gasteiger partial charge < -0.3 is 9.64 Å². The summed E-state index contributed by atoms with van der Waals surface area (Å²) in [6.45, 7) is 2.68. The quantitative estimate of drug-likeness (QED) is 0.605. The van der Waals surface area contributed by atoms with Gasteiger partial charge in [-0.2, -0.15) is 0 Å². The molecule has 0 spiro atoms. The van der Waals surface area contributed by atoms with E-state index in [0.717, 1.165) is 12.0 Å². The smallest absolute Gasteiger partial charge is 0.340 e. The predicted molar refractivity (Wildman–Crippen MR) is 94.7 cm³/mol. The average molecular weight is 379 g/mol. The lowest BCUT2D eigenvalue weighted by molar-refractivity contribution is -0.140. The maximum absolute atomic E-state index is 12.6. The Morgan fingerprint density at radius 1 is 1.24 bits per heavy atom. The zero-order valence-electron chi connectivity index (χ0n) is 13.5. The van der Waals surface area contributed by atoms with Crippen molar-refractivity contribution >= 4 is 35.1 Å². The van der Waals surface area contributed by atoms with E-state index in [1.54, 1.807) is 11.8 Å². The number of hydrogen-bond donors (Lipinski definition) is 0. The first-order valence-electron chi connectivity index (χ1n) is 7.83. The molecule has 0 fully saturated rings. The molecule has 1 aliphatic heterocycles. The molecule has 130 valence electrons. The summed E-state index contributed by atoms with van der Waals surface area (Å²) in [4.78, 5) is 30.3. The number of halogens is 2. The molecule has 2 aromatic rings. The fourth-order valence-corrected chi connectivity index (χ4v) is 3.02. The van der Waals surface area contributed by atoms with Crippen molar-refractivity contribution in [3.8, 4) is 0 Å². The van der Waals surface area contributed by atoms with Gasteiger partial charge in [-0.05, 0) is 30.5 Å². The molecule has 0 saturated heterocycles. The van der Waals surface area contributed by atoms with Crippen LogP contribution in [0, 0.1) is 0 Å². The summed E-state index contributed by atoms with van der Waals surface area (Å²) in [5.41, 5.74) is 2.52. The number of pyridine rings is 1. The molecule has 1 atom stereocenters. The Kier molecular flexibility index (Phi) is 5.25. The zero-order valence-corrected chi connectivity index (χ0v) is 15.0. The normalized spacial score (nSPS) is 14.6. The maximum Gasteiger partial charge on any atom is 0.340 e. The molecule has 2 heterocycles. The molecule has 7 heteroatoms. The van der Waals surface area contributed by atoms with Gasteiger partial charge in [0.2, 0.25) is 0 Å². The van der Waals surface area contributed by atoms with Crippen molar-refractivity contribution in [2.75, 3.05) is 6.54 Å². The van der Waals surface area contributed by atoms with Crippen molar-refractivity contribution in [1.29, 1.82) is 0 Å². The van der Waals surface area contributed by atoms with Crippen LogP contribution in [0.15, 0.2) is 36.5 Å². The van der Waals surface area contributed by atoms with Crippen LogP contribution >= 0.6 is 23.2 Å². The molecule has 0 bridgehead atoms. The van der Waals surface area contributed by atoms with Crippen molar-refractivity contribution in [2.24, 2.45) is 0 Å². The third-order valence-electron chi connectivity index (χ3n) is 4.11. The van der Waals surface area contributed by atoms with E-state index in [0.29, 0.717) is 13.1 Å². The topological polar surface area (TPSA) is 59.5 Å². The van der Waals surface area contributed by atoms with Gasteiger partial charge in [0.25, 0.3) is 5.91 Å². The van der Waals surface area contributed by atoms with Crippen LogP contribution in [0.4, 0.5) is 0 Å². The second-order valence-corrected chi connectivity index (χ2v) is 6.59. The van der Waals surface area contributed by atoms with Crippen LogP contribution in [0.3, 0.4) is 0 Å². The highest BCUT2D eigenvalue weighted by atomic mass is 35.5. The molecule has 0 N–H and O–H groups in total. The highest BCUT2D eigenvalue weighted by Crippen LogP contribution is 2.22. The van der Waals surface area contributed by atoms with Gasteiger partial charge in [0.15, 0.2) is 6.10 Å². The van der Waals surface area contributed by atoms with Crippen LogP contribution in [0.5, 0.6) is 0 Å². The summed E-state index contributed by atoms with van der Waals surface area (Å²) in [6, 6.07) is 9.39. The lowest BCUT2D eigenvalue weighted by Crippen LogP contribution is -2.42. The second kappa shape index (κ2) is 7.42. The van der Waals surface area contributed by atoms with Gasteiger partial charge in [0.05, 0.1) is 10.6 Å². The number of fused-ring (bicyclic) bond motifs is 1. The van der Waals surface area contributed by atoms with Crippen molar-refractivity contribution in [3.05, 3.63) is 63.4 Å². The van der Waals surface area contributed by atoms with Crippen molar-refractivity contribution in [3.63, 3.8) is 0 Å². The van der Waals surface area contributed by atoms with Gasteiger partial charge in [0.1, 0.15) is 5.15 Å². The Balaban J connectivity index is 1.65. The summed E-state index contributed by atoms with van der Waals surface area (Å²) in [7, 11) is 0. The average Bonchev–Trinajstić information content (AvgIpc) is 2.62. The van der Waals surface area contributed by atoms with E-state index in [1.165, 1.54) is 17.8 Å². The number of benzene rings is 1. The SMILES string of the molecule is C[C@@H](OC(=O)c1cnc(Cl)c(Cl)c1)C(=O)N1CCc2ccccc2C1. The van der Waals surface area contributed by atoms with Crippen LogP contribution in [-0.4, -0.2) is 34.4 Å².